The molecule has 0 aliphatic rings. The molecule has 0 unspecified atom stereocenters. The highest BCUT2D eigenvalue weighted by Gasteiger charge is 2.19. The molecule has 0 saturated carbocycles. The molecule has 0 aliphatic carbocycles. The number of anilines is 1. The van der Waals surface area contributed by atoms with Gasteiger partial charge in [0.25, 0.3) is 5.56 Å². The lowest BCUT2D eigenvalue weighted by Gasteiger charge is -2.18. The van der Waals surface area contributed by atoms with Crippen LogP contribution in [0.5, 0.6) is 0 Å². The fourth-order valence-corrected chi connectivity index (χ4v) is 3.93. The molecule has 9 nitrogen and oxygen atoms in total. The van der Waals surface area contributed by atoms with Crippen molar-refractivity contribution in [3.05, 3.63) is 89.0 Å². The number of nitrogens with one attached hydrogen (secondary N) is 3. The number of imidazole rings is 2. The highest BCUT2D eigenvalue weighted by atomic mass is 16.3. The third-order valence-electron chi connectivity index (χ3n) is 5.54. The van der Waals surface area contributed by atoms with Gasteiger partial charge in [-0.05, 0) is 36.6 Å². The first-order valence-corrected chi connectivity index (χ1v) is 10.6. The second-order valence-corrected chi connectivity index (χ2v) is 7.88. The Balaban J connectivity index is 1.53. The number of aryl methyl sites for hydroxylation is 1. The van der Waals surface area contributed by atoms with E-state index in [1.807, 2.05) is 60.2 Å². The maximum atomic E-state index is 12.8. The molecule has 3 aromatic heterocycles. The van der Waals surface area contributed by atoms with E-state index in [1.165, 1.54) is 6.33 Å². The average Bonchev–Trinajstić information content (AvgIpc) is 3.50. The van der Waals surface area contributed by atoms with Crippen molar-refractivity contribution < 1.29 is 5.11 Å². The molecule has 2 aromatic carbocycles. The van der Waals surface area contributed by atoms with E-state index in [2.05, 4.69) is 25.3 Å². The summed E-state index contributed by atoms with van der Waals surface area (Å²) in [5.41, 5.74) is 4.51. The van der Waals surface area contributed by atoms with Crippen LogP contribution in [0.3, 0.4) is 0 Å². The second kappa shape index (κ2) is 8.71. The van der Waals surface area contributed by atoms with Crippen LogP contribution >= 0.6 is 0 Å². The van der Waals surface area contributed by atoms with E-state index in [0.29, 0.717) is 23.6 Å². The number of hydrogen-bond donors (Lipinski definition) is 4. The average molecular weight is 441 g/mol. The van der Waals surface area contributed by atoms with Crippen molar-refractivity contribution in [2.75, 3.05) is 11.9 Å². The van der Waals surface area contributed by atoms with Gasteiger partial charge in [-0.15, -0.1) is 0 Å². The lowest BCUT2D eigenvalue weighted by molar-refractivity contribution is 0.273. The van der Waals surface area contributed by atoms with Gasteiger partial charge in [-0.3, -0.25) is 4.79 Å². The lowest BCUT2D eigenvalue weighted by atomic mass is 10.1. The van der Waals surface area contributed by atoms with Gasteiger partial charge < -0.3 is 25.0 Å². The molecule has 0 aliphatic heterocycles. The summed E-state index contributed by atoms with van der Waals surface area (Å²) >= 11 is 0. The van der Waals surface area contributed by atoms with Crippen LogP contribution < -0.4 is 10.9 Å². The lowest BCUT2D eigenvalue weighted by Crippen LogP contribution is -2.28. The highest BCUT2D eigenvalue weighted by molar-refractivity contribution is 5.85. The first kappa shape index (κ1) is 20.7. The van der Waals surface area contributed by atoms with E-state index in [9.17, 15) is 9.90 Å². The predicted octanol–water partition coefficient (Wildman–Crippen LogP) is 2.82. The molecule has 4 N–H and O–H groups in total. The maximum Gasteiger partial charge on any atom is 0.263 e. The van der Waals surface area contributed by atoms with Crippen molar-refractivity contribution in [3.63, 3.8) is 0 Å². The Morgan fingerprint density at radius 2 is 2.06 bits per heavy atom. The number of H-pyrrole nitrogens is 2. The first-order chi connectivity index (χ1) is 16.1. The van der Waals surface area contributed by atoms with Gasteiger partial charge in [0.05, 0.1) is 36.3 Å². The SMILES string of the molecule is Cc1cc(-n2ccnc2)cc2[nH]c(-c3c(N[C@@H](CO)Cc4ccccc4)nc[nH]c3=O)nc12. The zero-order valence-corrected chi connectivity index (χ0v) is 18.0. The van der Waals surface area contributed by atoms with Crippen molar-refractivity contribution in [3.8, 4) is 17.1 Å². The molecule has 166 valence electrons. The summed E-state index contributed by atoms with van der Waals surface area (Å²) in [6.45, 7) is 1.86. The number of aliphatic hydroxyl groups excluding tert-OH is 1. The standard InChI is InChI=1S/C24H23N7O2/c1-15-9-18(31-8-7-25-14-31)11-19-21(15)30-23(29-19)20-22(26-13-27-24(20)33)28-17(12-32)10-16-5-3-2-4-6-16/h2-9,11,13-14,17,32H,10,12H2,1H3,(H,29,30)(H2,26,27,28,33)/t17-/m1/s1. The molecule has 0 saturated heterocycles. The third kappa shape index (κ3) is 4.13. The topological polar surface area (TPSA) is 125 Å². The predicted molar refractivity (Wildman–Crippen MR) is 126 cm³/mol. The van der Waals surface area contributed by atoms with E-state index in [0.717, 1.165) is 27.8 Å². The molecule has 0 spiro atoms. The molecule has 0 bridgehead atoms. The van der Waals surface area contributed by atoms with Crippen LogP contribution in [0.4, 0.5) is 5.82 Å². The van der Waals surface area contributed by atoms with Crippen LogP contribution in [0.25, 0.3) is 28.1 Å². The molecule has 0 radical (unpaired) electrons. The van der Waals surface area contributed by atoms with Crippen molar-refractivity contribution in [1.29, 1.82) is 0 Å². The molecular weight excluding hydrogens is 418 g/mol. The molecule has 0 fully saturated rings. The summed E-state index contributed by atoms with van der Waals surface area (Å²) in [6, 6.07) is 13.5. The minimum Gasteiger partial charge on any atom is -0.394 e. The van der Waals surface area contributed by atoms with Gasteiger partial charge in [0.2, 0.25) is 0 Å². The summed E-state index contributed by atoms with van der Waals surface area (Å²) in [5, 5.41) is 13.2. The van der Waals surface area contributed by atoms with Gasteiger partial charge in [0, 0.05) is 18.1 Å². The second-order valence-electron chi connectivity index (χ2n) is 7.88. The highest BCUT2D eigenvalue weighted by Crippen LogP contribution is 2.27. The van der Waals surface area contributed by atoms with Gasteiger partial charge in [-0.25, -0.2) is 15.0 Å². The molecule has 33 heavy (non-hydrogen) atoms. The number of aromatic nitrogens is 6. The van der Waals surface area contributed by atoms with Crippen LogP contribution in [-0.2, 0) is 6.42 Å². The van der Waals surface area contributed by atoms with Crippen LogP contribution in [0.2, 0.25) is 0 Å². The van der Waals surface area contributed by atoms with Crippen molar-refractivity contribution in [2.24, 2.45) is 0 Å². The number of rotatable bonds is 7. The Hall–Kier alpha value is -4.24. The number of aliphatic hydroxyl groups is 1. The summed E-state index contributed by atoms with van der Waals surface area (Å²) < 4.78 is 1.91. The first-order valence-electron chi connectivity index (χ1n) is 10.6. The van der Waals surface area contributed by atoms with Crippen molar-refractivity contribution >= 4 is 16.9 Å². The van der Waals surface area contributed by atoms with Gasteiger partial charge in [-0.2, -0.15) is 0 Å². The van der Waals surface area contributed by atoms with Crippen molar-refractivity contribution in [2.45, 2.75) is 19.4 Å². The fourth-order valence-electron chi connectivity index (χ4n) is 3.93. The Labute approximate surface area is 189 Å². The largest absolute Gasteiger partial charge is 0.394 e. The van der Waals surface area contributed by atoms with Crippen molar-refractivity contribution in [1.82, 2.24) is 29.5 Å². The molecule has 9 heteroatoms. The Bertz CT molecular complexity index is 1440. The molecule has 5 aromatic rings. The molecule has 5 rings (SSSR count). The summed E-state index contributed by atoms with van der Waals surface area (Å²) in [6.07, 6.45) is 7.24. The maximum absolute atomic E-state index is 12.8. The van der Waals surface area contributed by atoms with Gasteiger partial charge in [0.15, 0.2) is 0 Å². The normalized spacial score (nSPS) is 12.2. The Kier molecular flexibility index (Phi) is 5.45. The zero-order valence-electron chi connectivity index (χ0n) is 18.0. The van der Waals surface area contributed by atoms with Crippen LogP contribution in [0.1, 0.15) is 11.1 Å². The smallest absolute Gasteiger partial charge is 0.263 e. The summed E-state index contributed by atoms with van der Waals surface area (Å²) in [5.74, 6) is 0.768. The Morgan fingerprint density at radius 1 is 1.21 bits per heavy atom. The van der Waals surface area contributed by atoms with E-state index >= 15 is 0 Å². The number of hydrogen-bond acceptors (Lipinski definition) is 6. The molecule has 0 amide bonds. The van der Waals surface area contributed by atoms with E-state index in [-0.39, 0.29) is 18.2 Å². The fraction of sp³-hybridized carbons (Fsp3) is 0.167. The zero-order chi connectivity index (χ0) is 22.8. The van der Waals surface area contributed by atoms with E-state index in [4.69, 9.17) is 4.98 Å². The monoisotopic (exact) mass is 441 g/mol. The molecular formula is C24H23N7O2. The number of aromatic amines is 2. The van der Waals surface area contributed by atoms with E-state index in [1.54, 1.807) is 12.5 Å². The minimum absolute atomic E-state index is 0.115. The van der Waals surface area contributed by atoms with Crippen LogP contribution in [0, 0.1) is 6.92 Å². The summed E-state index contributed by atoms with van der Waals surface area (Å²) in [7, 11) is 0. The van der Waals surface area contributed by atoms with Gasteiger partial charge >= 0.3 is 0 Å². The van der Waals surface area contributed by atoms with E-state index < -0.39 is 0 Å². The van der Waals surface area contributed by atoms with Crippen LogP contribution in [-0.4, -0.2) is 47.2 Å². The van der Waals surface area contributed by atoms with Crippen LogP contribution in [0.15, 0.2) is 72.3 Å². The number of nitrogens with zero attached hydrogens (tertiary/aromatic N) is 4. The number of fused-ring (bicyclic) bond motifs is 1. The molecule has 3 heterocycles. The quantitative estimate of drug-likeness (QED) is 0.308. The third-order valence-corrected chi connectivity index (χ3v) is 5.54. The molecule has 1 atom stereocenters. The van der Waals surface area contributed by atoms with Gasteiger partial charge in [-0.1, -0.05) is 30.3 Å². The number of benzene rings is 2. The Morgan fingerprint density at radius 3 is 2.82 bits per heavy atom. The van der Waals surface area contributed by atoms with Gasteiger partial charge in [0.1, 0.15) is 17.2 Å². The summed E-state index contributed by atoms with van der Waals surface area (Å²) in [4.78, 5) is 31.9. The minimum atomic E-state index is -0.324.